The number of aromatic nitrogens is 1. The van der Waals surface area contributed by atoms with Crippen molar-refractivity contribution < 1.29 is 9.72 Å². The number of hydrogen-bond donors (Lipinski definition) is 2. The number of anilines is 2. The van der Waals surface area contributed by atoms with Gasteiger partial charge in [-0.05, 0) is 61.5 Å². The van der Waals surface area contributed by atoms with Crippen LogP contribution in [-0.2, 0) is 0 Å². The molecule has 0 bridgehead atoms. The standard InChI is InChI=1S/C25H19Cl2N5O3S2/c26-16-13-17(27)19(12-15(16)24-28-18-5-1-2-6-22(18)37-24)29-25(36)30-23(33)14-7-8-20(21(11-14)32(34)35)31-9-3-4-10-31/h1-2,5-8,11-13H,3-4,9-10H2,(H2,29,30,33,36). The van der Waals surface area contributed by atoms with Gasteiger partial charge in [0.2, 0.25) is 0 Å². The van der Waals surface area contributed by atoms with Crippen molar-refractivity contribution in [3.8, 4) is 10.6 Å². The lowest BCUT2D eigenvalue weighted by molar-refractivity contribution is -0.384. The fourth-order valence-electron chi connectivity index (χ4n) is 4.16. The number of para-hydroxylation sites is 1. The van der Waals surface area contributed by atoms with Gasteiger partial charge in [0.1, 0.15) is 10.7 Å². The first kappa shape index (κ1) is 25.3. The minimum Gasteiger partial charge on any atom is -0.366 e. The quantitative estimate of drug-likeness (QED) is 0.152. The summed E-state index contributed by atoms with van der Waals surface area (Å²) in [5.74, 6) is -0.579. The Balaban J connectivity index is 1.34. The molecule has 5 rings (SSSR count). The molecule has 0 saturated carbocycles. The fraction of sp³-hybridized carbons (Fsp3) is 0.160. The summed E-state index contributed by atoms with van der Waals surface area (Å²) in [6.45, 7) is 1.50. The van der Waals surface area contributed by atoms with Crippen molar-refractivity contribution in [2.75, 3.05) is 23.3 Å². The van der Waals surface area contributed by atoms with Crippen LogP contribution in [0.2, 0.25) is 10.0 Å². The Morgan fingerprint density at radius 2 is 1.84 bits per heavy atom. The van der Waals surface area contributed by atoms with Gasteiger partial charge in [0.15, 0.2) is 5.11 Å². The van der Waals surface area contributed by atoms with Crippen LogP contribution >= 0.6 is 46.8 Å². The molecule has 1 aromatic heterocycles. The Morgan fingerprint density at radius 1 is 1.08 bits per heavy atom. The molecule has 12 heteroatoms. The SMILES string of the molecule is O=C(NC(=S)Nc1cc(-c2nc3ccccc3s2)c(Cl)cc1Cl)c1ccc(N2CCCC2)c([N+](=O)[O-])c1. The van der Waals surface area contributed by atoms with Crippen LogP contribution in [0.1, 0.15) is 23.2 Å². The second-order valence-electron chi connectivity index (χ2n) is 8.36. The highest BCUT2D eigenvalue weighted by atomic mass is 35.5. The largest absolute Gasteiger partial charge is 0.366 e. The van der Waals surface area contributed by atoms with Gasteiger partial charge in [-0.2, -0.15) is 0 Å². The average molecular weight is 572 g/mol. The zero-order valence-electron chi connectivity index (χ0n) is 19.2. The summed E-state index contributed by atoms with van der Waals surface area (Å²) in [5, 5.41) is 18.6. The monoisotopic (exact) mass is 571 g/mol. The topological polar surface area (TPSA) is 100 Å². The first-order chi connectivity index (χ1) is 17.8. The molecule has 2 N–H and O–H groups in total. The van der Waals surface area contributed by atoms with E-state index >= 15 is 0 Å². The van der Waals surface area contributed by atoms with Crippen LogP contribution in [0, 0.1) is 10.1 Å². The van der Waals surface area contributed by atoms with Gasteiger partial charge in [-0.3, -0.25) is 20.2 Å². The zero-order valence-corrected chi connectivity index (χ0v) is 22.3. The Labute approximate surface area is 231 Å². The Kier molecular flexibility index (Phi) is 7.25. The van der Waals surface area contributed by atoms with E-state index in [9.17, 15) is 14.9 Å². The van der Waals surface area contributed by atoms with Crippen molar-refractivity contribution in [3.63, 3.8) is 0 Å². The predicted molar refractivity (Wildman–Crippen MR) is 153 cm³/mol. The Hall–Kier alpha value is -3.31. The number of nitrogens with zero attached hydrogens (tertiary/aromatic N) is 3. The van der Waals surface area contributed by atoms with E-state index in [2.05, 4.69) is 15.6 Å². The van der Waals surface area contributed by atoms with Crippen LogP contribution < -0.4 is 15.5 Å². The molecule has 1 fully saturated rings. The average Bonchev–Trinajstić information content (AvgIpc) is 3.55. The first-order valence-corrected chi connectivity index (χ1v) is 13.3. The molecule has 188 valence electrons. The maximum absolute atomic E-state index is 12.8. The molecule has 0 radical (unpaired) electrons. The third-order valence-corrected chi connectivity index (χ3v) is 7.84. The molecule has 1 aliphatic heterocycles. The molecule has 8 nitrogen and oxygen atoms in total. The Morgan fingerprint density at radius 3 is 2.57 bits per heavy atom. The number of carbonyl (C=O) groups is 1. The molecule has 1 aliphatic rings. The van der Waals surface area contributed by atoms with Crippen molar-refractivity contribution in [1.29, 1.82) is 0 Å². The highest BCUT2D eigenvalue weighted by Crippen LogP contribution is 2.39. The lowest BCUT2D eigenvalue weighted by Gasteiger charge is -2.18. The van der Waals surface area contributed by atoms with Crippen LogP contribution in [0.5, 0.6) is 0 Å². The third kappa shape index (κ3) is 5.37. The number of benzene rings is 3. The molecule has 0 spiro atoms. The van der Waals surface area contributed by atoms with Crippen LogP contribution in [0.25, 0.3) is 20.8 Å². The molecule has 0 aliphatic carbocycles. The first-order valence-electron chi connectivity index (χ1n) is 11.3. The number of thiazole rings is 1. The fourth-order valence-corrected chi connectivity index (χ4v) is 5.94. The number of fused-ring (bicyclic) bond motifs is 1. The van der Waals surface area contributed by atoms with Gasteiger partial charge in [0, 0.05) is 30.3 Å². The van der Waals surface area contributed by atoms with Gasteiger partial charge in [0.05, 0.1) is 30.9 Å². The number of hydrogen-bond acceptors (Lipinski definition) is 7. The highest BCUT2D eigenvalue weighted by Gasteiger charge is 2.24. The molecule has 2 heterocycles. The van der Waals surface area contributed by atoms with Crippen molar-refractivity contribution in [1.82, 2.24) is 10.3 Å². The summed E-state index contributed by atoms with van der Waals surface area (Å²) in [4.78, 5) is 30.6. The van der Waals surface area contributed by atoms with E-state index < -0.39 is 10.8 Å². The minimum absolute atomic E-state index is 0.0178. The zero-order chi connectivity index (χ0) is 26.1. The van der Waals surface area contributed by atoms with Crippen molar-refractivity contribution in [3.05, 3.63) is 80.3 Å². The van der Waals surface area contributed by atoms with E-state index in [1.54, 1.807) is 24.3 Å². The van der Waals surface area contributed by atoms with Crippen molar-refractivity contribution >= 4 is 85.1 Å². The number of nitro benzene ring substituents is 1. The van der Waals surface area contributed by atoms with Gasteiger partial charge >= 0.3 is 0 Å². The summed E-state index contributed by atoms with van der Waals surface area (Å²) in [7, 11) is 0. The maximum Gasteiger partial charge on any atom is 0.293 e. The molecular formula is C25H19Cl2N5O3S2. The van der Waals surface area contributed by atoms with Crippen LogP contribution in [0.4, 0.5) is 17.1 Å². The van der Waals surface area contributed by atoms with Gasteiger partial charge in [-0.25, -0.2) is 4.98 Å². The number of carbonyl (C=O) groups excluding carboxylic acids is 1. The number of nitrogens with one attached hydrogen (secondary N) is 2. The van der Waals surface area contributed by atoms with E-state index in [1.807, 2.05) is 29.2 Å². The third-order valence-electron chi connectivity index (χ3n) is 5.94. The van der Waals surface area contributed by atoms with Crippen LogP contribution in [0.15, 0.2) is 54.6 Å². The van der Waals surface area contributed by atoms with Crippen molar-refractivity contribution in [2.24, 2.45) is 0 Å². The number of amides is 1. The van der Waals surface area contributed by atoms with E-state index in [0.29, 0.717) is 32.0 Å². The summed E-state index contributed by atoms with van der Waals surface area (Å²) in [5.41, 5.74) is 2.47. The molecule has 1 amide bonds. The number of halogens is 2. The summed E-state index contributed by atoms with van der Waals surface area (Å²) < 4.78 is 1.02. The molecule has 0 unspecified atom stereocenters. The van der Waals surface area contributed by atoms with E-state index in [-0.39, 0.29) is 16.4 Å². The second-order valence-corrected chi connectivity index (χ2v) is 10.6. The second kappa shape index (κ2) is 10.6. The Bertz CT molecular complexity index is 1520. The summed E-state index contributed by atoms with van der Waals surface area (Å²) in [6.07, 6.45) is 1.96. The molecule has 0 atom stereocenters. The maximum atomic E-state index is 12.8. The molecule has 4 aromatic rings. The minimum atomic E-state index is -0.579. The molecule has 1 saturated heterocycles. The summed E-state index contributed by atoms with van der Waals surface area (Å²) in [6, 6.07) is 15.5. The lowest BCUT2D eigenvalue weighted by atomic mass is 10.1. The highest BCUT2D eigenvalue weighted by molar-refractivity contribution is 7.80. The van der Waals surface area contributed by atoms with Gasteiger partial charge in [0.25, 0.3) is 11.6 Å². The molecule has 37 heavy (non-hydrogen) atoms. The van der Waals surface area contributed by atoms with Crippen LogP contribution in [-0.4, -0.2) is 34.0 Å². The predicted octanol–water partition coefficient (Wildman–Crippen LogP) is 6.91. The van der Waals surface area contributed by atoms with Gasteiger partial charge < -0.3 is 10.2 Å². The van der Waals surface area contributed by atoms with E-state index in [0.717, 1.165) is 36.1 Å². The van der Waals surface area contributed by atoms with Gasteiger partial charge in [-0.1, -0.05) is 35.3 Å². The number of nitro groups is 1. The van der Waals surface area contributed by atoms with Crippen molar-refractivity contribution in [2.45, 2.75) is 12.8 Å². The number of thiocarbonyl (C=S) groups is 1. The molecular weight excluding hydrogens is 553 g/mol. The van der Waals surface area contributed by atoms with E-state index in [4.69, 9.17) is 35.4 Å². The van der Waals surface area contributed by atoms with Gasteiger partial charge in [-0.15, -0.1) is 11.3 Å². The summed E-state index contributed by atoms with van der Waals surface area (Å²) >= 11 is 19.7. The smallest absolute Gasteiger partial charge is 0.293 e. The van der Waals surface area contributed by atoms with E-state index in [1.165, 1.54) is 17.4 Å². The normalized spacial score (nSPS) is 13.1. The molecule has 3 aromatic carbocycles. The van der Waals surface area contributed by atoms with Crippen LogP contribution in [0.3, 0.4) is 0 Å². The number of rotatable bonds is 5. The lowest BCUT2D eigenvalue weighted by Crippen LogP contribution is -2.34.